The van der Waals surface area contributed by atoms with Crippen molar-refractivity contribution in [1.82, 2.24) is 4.92 Å². The van der Waals surface area contributed by atoms with Crippen molar-refractivity contribution < 1.29 is 24.5 Å². The largest absolute Gasteiger partial charge is 0.482 e. The average Bonchev–Trinajstić information content (AvgIpc) is 2.57. The van der Waals surface area contributed by atoms with E-state index in [9.17, 15) is 14.6 Å². The van der Waals surface area contributed by atoms with Crippen LogP contribution >= 0.6 is 0 Å². The molecule has 2 N–H and O–H groups in total. The zero-order valence-electron chi connectivity index (χ0n) is 14.1. The Bertz CT molecular complexity index is 563. The minimum Gasteiger partial charge on any atom is -0.482 e. The first-order valence-corrected chi connectivity index (χ1v) is 7.49. The van der Waals surface area contributed by atoms with Gasteiger partial charge in [-0.15, -0.1) is 0 Å². The third kappa shape index (κ3) is 5.75. The molecule has 1 aromatic rings. The quantitative estimate of drug-likeness (QED) is 0.812. The number of nitrogens with zero attached hydrogens (tertiary/aromatic N) is 2. The fraction of sp³-hybridized carbons (Fsp3) is 0.400. The highest BCUT2D eigenvalue weighted by Crippen LogP contribution is 2.14. The van der Waals surface area contributed by atoms with Gasteiger partial charge in [0.1, 0.15) is 5.75 Å². The van der Waals surface area contributed by atoms with E-state index in [0.29, 0.717) is 16.8 Å². The first-order valence-electron chi connectivity index (χ1n) is 7.49. The van der Waals surface area contributed by atoms with Gasteiger partial charge < -0.3 is 14.9 Å². The van der Waals surface area contributed by atoms with Gasteiger partial charge in [-0.2, -0.15) is 5.10 Å². The number of hydrazone groups is 1. The number of fused-ring (bicyclic) bond motifs is 1. The number of hydrogen-bond donors (Lipinski definition) is 2. The molecule has 1 amide bonds. The van der Waals surface area contributed by atoms with E-state index in [1.54, 1.807) is 12.1 Å². The molecule has 23 heavy (non-hydrogen) atoms. The summed E-state index contributed by atoms with van der Waals surface area (Å²) in [6.07, 6.45) is 1.45. The van der Waals surface area contributed by atoms with Crippen molar-refractivity contribution in [3.05, 3.63) is 23.8 Å². The fourth-order valence-electron chi connectivity index (χ4n) is 1.70. The van der Waals surface area contributed by atoms with Gasteiger partial charge in [0.15, 0.2) is 6.61 Å². The average molecular weight is 322 g/mol. The van der Waals surface area contributed by atoms with Crippen LogP contribution in [0.25, 0.3) is 0 Å². The van der Waals surface area contributed by atoms with Gasteiger partial charge in [0.25, 0.3) is 0 Å². The van der Waals surface area contributed by atoms with Crippen LogP contribution in [0, 0.1) is 0 Å². The summed E-state index contributed by atoms with van der Waals surface area (Å²) in [5.74, 6) is -1.18. The van der Waals surface area contributed by atoms with Crippen LogP contribution < -0.4 is 10.2 Å². The lowest BCUT2D eigenvalue weighted by atomic mass is 9.69. The van der Waals surface area contributed by atoms with Gasteiger partial charge in [0, 0.05) is 6.92 Å². The number of carboxylic acid groups (broad SMARTS) is 1. The van der Waals surface area contributed by atoms with Gasteiger partial charge in [-0.05, 0) is 23.2 Å². The number of amides is 1. The molecule has 0 aromatic heterocycles. The molecule has 1 heterocycles. The fourth-order valence-corrected chi connectivity index (χ4v) is 1.70. The number of hydrogen-bond acceptors (Lipinski definition) is 5. The highest BCUT2D eigenvalue weighted by Gasteiger charge is 2.32. The number of aliphatic carboxylic acids is 1. The second-order valence-electron chi connectivity index (χ2n) is 3.95. The predicted octanol–water partition coefficient (Wildman–Crippen LogP) is 1.09. The molecule has 0 saturated carbocycles. The maximum Gasteiger partial charge on any atom is 0.474 e. The molecule has 0 radical (unpaired) electrons. The molecule has 7 nitrogen and oxygen atoms in total. The lowest BCUT2D eigenvalue weighted by Gasteiger charge is -2.24. The Morgan fingerprint density at radius 3 is 2.39 bits per heavy atom. The second-order valence-corrected chi connectivity index (χ2v) is 3.95. The Kier molecular flexibility index (Phi) is 9.33. The summed E-state index contributed by atoms with van der Waals surface area (Å²) in [7, 11) is -1.20. The molecule has 1 aliphatic heterocycles. The summed E-state index contributed by atoms with van der Waals surface area (Å²) < 4.78 is 5.02. The zero-order valence-corrected chi connectivity index (χ0v) is 14.1. The monoisotopic (exact) mass is 322 g/mol. The molecule has 126 valence electrons. The minimum atomic E-state index is -1.20. The predicted molar refractivity (Wildman–Crippen MR) is 90.0 cm³/mol. The minimum absolute atomic E-state index is 0.305. The molecule has 0 unspecified atom stereocenters. The van der Waals surface area contributed by atoms with Crippen LogP contribution in [-0.2, 0) is 9.59 Å². The Balaban J connectivity index is 0.00000112. The molecule has 0 saturated heterocycles. The number of ether oxygens (including phenoxy) is 1. The number of carbonyl (C=O) groups excluding carboxylic acids is 1. The molecule has 0 aliphatic carbocycles. The van der Waals surface area contributed by atoms with Crippen LogP contribution in [0.1, 0.15) is 40.2 Å². The summed E-state index contributed by atoms with van der Waals surface area (Å²) in [5, 5.41) is 22.4. The Hall–Kier alpha value is -2.35. The van der Waals surface area contributed by atoms with Gasteiger partial charge >= 0.3 is 13.0 Å². The van der Waals surface area contributed by atoms with Gasteiger partial charge in [-0.25, -0.2) is 9.71 Å². The molecule has 0 atom stereocenters. The van der Waals surface area contributed by atoms with Crippen molar-refractivity contribution in [2.24, 2.45) is 5.10 Å². The van der Waals surface area contributed by atoms with Crippen LogP contribution in [0.4, 0.5) is 0 Å². The summed E-state index contributed by atoms with van der Waals surface area (Å²) in [5.41, 5.74) is 1.08. The maximum absolute atomic E-state index is 11.3. The van der Waals surface area contributed by atoms with Gasteiger partial charge in [0.05, 0.1) is 6.21 Å². The van der Waals surface area contributed by atoms with E-state index in [-0.39, 0.29) is 0 Å². The molecular weight excluding hydrogens is 299 g/mol. The Morgan fingerprint density at radius 1 is 1.26 bits per heavy atom. The normalized spacial score (nSPS) is 11.4. The zero-order chi connectivity index (χ0) is 18.0. The Labute approximate surface area is 136 Å². The molecular formula is C15H23BN2O5. The first kappa shape index (κ1) is 20.7. The van der Waals surface area contributed by atoms with E-state index in [4.69, 9.17) is 9.84 Å². The van der Waals surface area contributed by atoms with E-state index in [1.807, 2.05) is 27.7 Å². The number of carboxylic acids is 1. The smallest absolute Gasteiger partial charge is 0.474 e. The topological polar surface area (TPSA) is 99.4 Å². The molecule has 1 aliphatic rings. The molecule has 0 spiro atoms. The van der Waals surface area contributed by atoms with Crippen molar-refractivity contribution in [2.75, 3.05) is 6.61 Å². The van der Waals surface area contributed by atoms with Crippen molar-refractivity contribution in [3.63, 3.8) is 0 Å². The molecule has 8 heteroatoms. The van der Waals surface area contributed by atoms with Crippen LogP contribution in [-0.4, -0.2) is 46.8 Å². The van der Waals surface area contributed by atoms with Crippen LogP contribution in [0.3, 0.4) is 0 Å². The van der Waals surface area contributed by atoms with E-state index in [0.717, 1.165) is 4.92 Å². The SMILES string of the molecule is CC.CC.CC(=O)N1N=Cc2ccc(OCC(=O)O)cc2B1O. The van der Waals surface area contributed by atoms with E-state index >= 15 is 0 Å². The Morgan fingerprint density at radius 2 is 1.87 bits per heavy atom. The van der Waals surface area contributed by atoms with Crippen molar-refractivity contribution >= 4 is 30.6 Å². The summed E-state index contributed by atoms with van der Waals surface area (Å²) in [6, 6.07) is 4.70. The van der Waals surface area contributed by atoms with Crippen molar-refractivity contribution in [2.45, 2.75) is 34.6 Å². The second kappa shape index (κ2) is 10.4. The first-order chi connectivity index (χ1) is 11.0. The molecule has 0 bridgehead atoms. The third-order valence-electron chi connectivity index (χ3n) is 2.57. The van der Waals surface area contributed by atoms with Gasteiger partial charge in [-0.3, -0.25) is 4.79 Å². The number of benzene rings is 1. The third-order valence-corrected chi connectivity index (χ3v) is 2.57. The van der Waals surface area contributed by atoms with E-state index in [2.05, 4.69) is 5.10 Å². The van der Waals surface area contributed by atoms with Crippen molar-refractivity contribution in [1.29, 1.82) is 0 Å². The van der Waals surface area contributed by atoms with E-state index in [1.165, 1.54) is 19.2 Å². The highest BCUT2D eigenvalue weighted by molar-refractivity contribution is 6.67. The van der Waals surface area contributed by atoms with E-state index < -0.39 is 25.5 Å². The highest BCUT2D eigenvalue weighted by atomic mass is 16.5. The number of carbonyl (C=O) groups is 2. The molecule has 0 fully saturated rings. The summed E-state index contributed by atoms with van der Waals surface area (Å²) >= 11 is 0. The van der Waals surface area contributed by atoms with Crippen molar-refractivity contribution in [3.8, 4) is 5.75 Å². The van der Waals surface area contributed by atoms with Crippen LogP contribution in [0.2, 0.25) is 0 Å². The van der Waals surface area contributed by atoms with Gasteiger partial charge in [-0.1, -0.05) is 33.8 Å². The van der Waals surface area contributed by atoms with Gasteiger partial charge in [0.2, 0.25) is 5.91 Å². The van der Waals surface area contributed by atoms with Crippen LogP contribution in [0.15, 0.2) is 23.3 Å². The molecule has 2 rings (SSSR count). The standard InChI is InChI=1S/C11H11BN2O5.2C2H6/c1-7(15)14-12(18)10-4-9(19-6-11(16)17)3-2-8(10)5-13-14;2*1-2/h2-5,18H,6H2,1H3,(H,16,17);2*1-2H3. The number of rotatable bonds is 3. The van der Waals surface area contributed by atoms with Crippen LogP contribution in [0.5, 0.6) is 5.75 Å². The molecule has 1 aromatic carbocycles. The summed E-state index contributed by atoms with van der Waals surface area (Å²) in [6.45, 7) is 8.82. The lowest BCUT2D eigenvalue weighted by Crippen LogP contribution is -2.51. The summed E-state index contributed by atoms with van der Waals surface area (Å²) in [4.78, 5) is 22.6. The lowest BCUT2D eigenvalue weighted by molar-refractivity contribution is -0.139. The maximum atomic E-state index is 11.3.